The van der Waals surface area contributed by atoms with Gasteiger partial charge in [-0.25, -0.2) is 13.1 Å². The fourth-order valence-electron chi connectivity index (χ4n) is 4.11. The van der Waals surface area contributed by atoms with E-state index >= 15 is 0 Å². The quantitative estimate of drug-likeness (QED) is 0.569. The van der Waals surface area contributed by atoms with E-state index in [4.69, 9.17) is 0 Å². The molecule has 0 atom stereocenters. The molecule has 9 heteroatoms. The van der Waals surface area contributed by atoms with Gasteiger partial charge in [-0.2, -0.15) is 0 Å². The smallest absolute Gasteiger partial charge is 0.240 e. The Morgan fingerprint density at radius 2 is 1.97 bits per heavy atom. The second-order valence-corrected chi connectivity index (χ2v) is 10.2. The summed E-state index contributed by atoms with van der Waals surface area (Å²) in [5.41, 5.74) is 2.03. The van der Waals surface area contributed by atoms with Crippen molar-refractivity contribution in [2.75, 3.05) is 18.0 Å². The van der Waals surface area contributed by atoms with E-state index in [-0.39, 0.29) is 10.8 Å². The molecule has 3 aromatic rings. The zero-order chi connectivity index (χ0) is 22.2. The summed E-state index contributed by atoms with van der Waals surface area (Å²) >= 11 is 0. The Morgan fingerprint density at radius 1 is 1.16 bits per heavy atom. The van der Waals surface area contributed by atoms with Crippen molar-refractivity contribution in [2.24, 2.45) is 0 Å². The predicted molar refractivity (Wildman–Crippen MR) is 119 cm³/mol. The van der Waals surface area contributed by atoms with Crippen LogP contribution in [-0.4, -0.2) is 42.0 Å². The predicted octanol–water partition coefficient (Wildman–Crippen LogP) is 2.67. The van der Waals surface area contributed by atoms with Crippen LogP contribution < -0.4 is 9.62 Å². The lowest BCUT2D eigenvalue weighted by Gasteiger charge is -2.38. The number of fused-ring (bicyclic) bond motifs is 2. The molecule has 0 fully saturated rings. The van der Waals surface area contributed by atoms with Crippen molar-refractivity contribution < 1.29 is 13.2 Å². The SMILES string of the molecule is CCN1C(=O)CC(C)(C)c2cc(S(=O)(=O)NCCCc3nnc4ccccn34)ccc21. The van der Waals surface area contributed by atoms with Crippen molar-refractivity contribution in [3.63, 3.8) is 0 Å². The molecule has 164 valence electrons. The number of rotatable bonds is 7. The molecular weight excluding hydrogens is 414 g/mol. The fraction of sp³-hybridized carbons (Fsp3) is 0.409. The van der Waals surface area contributed by atoms with Gasteiger partial charge in [0.1, 0.15) is 5.82 Å². The van der Waals surface area contributed by atoms with E-state index < -0.39 is 15.4 Å². The molecule has 3 heterocycles. The third kappa shape index (κ3) is 4.07. The van der Waals surface area contributed by atoms with Gasteiger partial charge >= 0.3 is 0 Å². The number of aryl methyl sites for hydroxylation is 1. The number of carbonyl (C=O) groups is 1. The normalized spacial score (nSPS) is 16.0. The maximum Gasteiger partial charge on any atom is 0.240 e. The maximum atomic E-state index is 12.9. The van der Waals surface area contributed by atoms with Crippen LogP contribution in [0.1, 0.15) is 45.0 Å². The number of pyridine rings is 1. The Hall–Kier alpha value is -2.78. The summed E-state index contributed by atoms with van der Waals surface area (Å²) in [7, 11) is -3.66. The van der Waals surface area contributed by atoms with Gasteiger partial charge in [0.05, 0.1) is 4.90 Å². The minimum absolute atomic E-state index is 0.0646. The average Bonchev–Trinajstić information content (AvgIpc) is 3.14. The van der Waals surface area contributed by atoms with Crippen LogP contribution in [0.15, 0.2) is 47.5 Å². The lowest BCUT2D eigenvalue weighted by atomic mass is 9.77. The molecule has 0 saturated heterocycles. The first-order chi connectivity index (χ1) is 14.7. The number of anilines is 1. The zero-order valence-electron chi connectivity index (χ0n) is 18.0. The second kappa shape index (κ2) is 8.05. The number of nitrogens with one attached hydrogen (secondary N) is 1. The molecule has 1 amide bonds. The summed E-state index contributed by atoms with van der Waals surface area (Å²) in [6, 6.07) is 10.7. The first kappa shape index (κ1) is 21.5. The van der Waals surface area contributed by atoms with Gasteiger partial charge in [-0.05, 0) is 49.2 Å². The van der Waals surface area contributed by atoms with Crippen molar-refractivity contribution in [3.8, 4) is 0 Å². The number of aromatic nitrogens is 3. The summed E-state index contributed by atoms with van der Waals surface area (Å²) in [5.74, 6) is 0.865. The van der Waals surface area contributed by atoms with Crippen LogP contribution in [0, 0.1) is 0 Å². The van der Waals surface area contributed by atoms with Gasteiger partial charge in [-0.3, -0.25) is 9.20 Å². The Balaban J connectivity index is 1.47. The highest BCUT2D eigenvalue weighted by Crippen LogP contribution is 2.41. The molecule has 31 heavy (non-hydrogen) atoms. The van der Waals surface area contributed by atoms with Crippen LogP contribution in [0.3, 0.4) is 0 Å². The van der Waals surface area contributed by atoms with Gasteiger partial charge in [0.25, 0.3) is 0 Å². The number of carbonyl (C=O) groups excluding carboxylic acids is 1. The summed E-state index contributed by atoms with van der Waals surface area (Å²) in [4.78, 5) is 14.4. The topological polar surface area (TPSA) is 96.7 Å². The van der Waals surface area contributed by atoms with Crippen LogP contribution in [0.25, 0.3) is 5.65 Å². The number of nitrogens with zero attached hydrogens (tertiary/aromatic N) is 4. The zero-order valence-corrected chi connectivity index (χ0v) is 18.8. The third-order valence-electron chi connectivity index (χ3n) is 5.76. The van der Waals surface area contributed by atoms with Gasteiger partial charge in [0, 0.05) is 43.2 Å². The summed E-state index contributed by atoms with van der Waals surface area (Å²) in [6.07, 6.45) is 3.47. The van der Waals surface area contributed by atoms with E-state index in [1.807, 2.05) is 49.6 Å². The van der Waals surface area contributed by atoms with Gasteiger partial charge in [0.15, 0.2) is 5.65 Å². The Morgan fingerprint density at radius 3 is 2.74 bits per heavy atom. The van der Waals surface area contributed by atoms with E-state index in [1.165, 1.54) is 0 Å². The molecule has 0 radical (unpaired) electrons. The van der Waals surface area contributed by atoms with Gasteiger partial charge in [-0.15, -0.1) is 10.2 Å². The molecule has 0 saturated carbocycles. The molecule has 1 aromatic carbocycles. The summed E-state index contributed by atoms with van der Waals surface area (Å²) in [5, 5.41) is 8.29. The maximum absolute atomic E-state index is 12.9. The molecule has 8 nitrogen and oxygen atoms in total. The van der Waals surface area contributed by atoms with Crippen LogP contribution in [0.2, 0.25) is 0 Å². The monoisotopic (exact) mass is 441 g/mol. The van der Waals surface area contributed by atoms with E-state index in [1.54, 1.807) is 23.1 Å². The van der Waals surface area contributed by atoms with Gasteiger partial charge in [-0.1, -0.05) is 19.9 Å². The Bertz CT molecular complexity index is 1230. The standard InChI is InChI=1S/C22H27N5O3S/c1-4-26-18-11-10-16(14-17(18)22(2,3)15-21(26)28)31(29,30)23-12-7-9-20-25-24-19-8-5-6-13-27(19)20/h5-6,8,10-11,13-14,23H,4,7,9,12,15H2,1-3H3. The minimum Gasteiger partial charge on any atom is -0.312 e. The van der Waals surface area contributed by atoms with E-state index in [9.17, 15) is 13.2 Å². The molecule has 1 aliphatic heterocycles. The summed E-state index contributed by atoms with van der Waals surface area (Å²) in [6.45, 7) is 6.73. The van der Waals surface area contributed by atoms with Crippen molar-refractivity contribution in [1.82, 2.24) is 19.3 Å². The van der Waals surface area contributed by atoms with E-state index in [0.29, 0.717) is 32.4 Å². The molecule has 2 aromatic heterocycles. The number of hydrogen-bond donors (Lipinski definition) is 1. The lowest BCUT2D eigenvalue weighted by molar-refractivity contribution is -0.120. The molecule has 0 aliphatic carbocycles. The average molecular weight is 442 g/mol. The second-order valence-electron chi connectivity index (χ2n) is 8.42. The van der Waals surface area contributed by atoms with Crippen molar-refractivity contribution in [2.45, 2.75) is 50.3 Å². The largest absolute Gasteiger partial charge is 0.312 e. The highest BCUT2D eigenvalue weighted by molar-refractivity contribution is 7.89. The van der Waals surface area contributed by atoms with E-state index in [0.717, 1.165) is 22.7 Å². The highest BCUT2D eigenvalue weighted by atomic mass is 32.2. The van der Waals surface area contributed by atoms with Crippen LogP contribution >= 0.6 is 0 Å². The fourth-order valence-corrected chi connectivity index (χ4v) is 5.21. The van der Waals surface area contributed by atoms with Crippen LogP contribution in [0.5, 0.6) is 0 Å². The minimum atomic E-state index is -3.66. The Labute approximate surface area is 182 Å². The molecule has 1 aliphatic rings. The molecular formula is C22H27N5O3S. The molecule has 0 bridgehead atoms. The molecule has 1 N–H and O–H groups in total. The van der Waals surface area contributed by atoms with Gasteiger partial charge in [0.2, 0.25) is 15.9 Å². The Kier molecular flexibility index (Phi) is 5.57. The van der Waals surface area contributed by atoms with Crippen LogP contribution in [0.4, 0.5) is 5.69 Å². The number of benzene rings is 1. The highest BCUT2D eigenvalue weighted by Gasteiger charge is 2.36. The molecule has 4 rings (SSSR count). The van der Waals surface area contributed by atoms with Crippen molar-refractivity contribution in [1.29, 1.82) is 0 Å². The molecule has 0 spiro atoms. The molecule has 0 unspecified atom stereocenters. The number of sulfonamides is 1. The first-order valence-electron chi connectivity index (χ1n) is 10.5. The number of hydrogen-bond acceptors (Lipinski definition) is 5. The lowest BCUT2D eigenvalue weighted by Crippen LogP contribution is -2.42. The first-order valence-corrected chi connectivity index (χ1v) is 11.9. The summed E-state index contributed by atoms with van der Waals surface area (Å²) < 4.78 is 30.4. The van der Waals surface area contributed by atoms with Crippen molar-refractivity contribution >= 4 is 27.3 Å². The number of amides is 1. The van der Waals surface area contributed by atoms with Crippen molar-refractivity contribution in [3.05, 3.63) is 54.0 Å². The van der Waals surface area contributed by atoms with E-state index in [2.05, 4.69) is 14.9 Å². The van der Waals surface area contributed by atoms with Gasteiger partial charge < -0.3 is 4.90 Å². The third-order valence-corrected chi connectivity index (χ3v) is 7.22. The van der Waals surface area contributed by atoms with Crippen LogP contribution in [-0.2, 0) is 26.7 Å².